The lowest BCUT2D eigenvalue weighted by atomic mass is 10.0. The molecule has 3 heterocycles. The molecule has 0 saturated carbocycles. The van der Waals surface area contributed by atoms with Gasteiger partial charge in [0.05, 0.1) is 23.8 Å². The Labute approximate surface area is 149 Å². The summed E-state index contributed by atoms with van der Waals surface area (Å²) in [5.74, 6) is -0.934. The molecule has 10 heteroatoms. The van der Waals surface area contributed by atoms with E-state index in [0.717, 1.165) is 12.1 Å². The van der Waals surface area contributed by atoms with Crippen LogP contribution < -0.4 is 5.73 Å². The summed E-state index contributed by atoms with van der Waals surface area (Å²) < 4.78 is 41.1. The average Bonchev–Trinajstić information content (AvgIpc) is 3.21. The quantitative estimate of drug-likeness (QED) is 0.588. The van der Waals surface area contributed by atoms with Gasteiger partial charge in [-0.25, -0.2) is 13.2 Å². The molecule has 26 heavy (non-hydrogen) atoms. The van der Waals surface area contributed by atoms with E-state index in [1.807, 2.05) is 0 Å². The molecule has 0 saturated heterocycles. The van der Waals surface area contributed by atoms with Gasteiger partial charge in [0.15, 0.2) is 0 Å². The monoisotopic (exact) mass is 376 g/mol. The Kier molecular flexibility index (Phi) is 4.03. The SMILES string of the molecule is Nc1nnc(Cn2ncc3ncc(-c4ccc(F)c(C(F)F)c4)cc32)s1. The highest BCUT2D eigenvalue weighted by Crippen LogP contribution is 2.29. The van der Waals surface area contributed by atoms with Gasteiger partial charge in [-0.05, 0) is 23.8 Å². The Morgan fingerprint density at radius 3 is 2.69 bits per heavy atom. The smallest absolute Gasteiger partial charge is 0.266 e. The van der Waals surface area contributed by atoms with Crippen molar-refractivity contribution >= 4 is 27.5 Å². The van der Waals surface area contributed by atoms with Gasteiger partial charge in [-0.2, -0.15) is 5.10 Å². The molecule has 0 fully saturated rings. The number of rotatable bonds is 4. The van der Waals surface area contributed by atoms with Crippen molar-refractivity contribution in [3.63, 3.8) is 0 Å². The largest absolute Gasteiger partial charge is 0.374 e. The standard InChI is InChI=1S/C16H11F3N6S/c17-11-2-1-8(3-10(11)15(18)19)9-4-13-12(21-5-9)6-22-25(13)7-14-23-24-16(20)26-14/h1-6,15H,7H2,(H2,20,24). The zero-order valence-electron chi connectivity index (χ0n) is 13.1. The molecule has 2 N–H and O–H groups in total. The maximum atomic E-state index is 13.5. The van der Waals surface area contributed by atoms with E-state index in [4.69, 9.17) is 5.73 Å². The van der Waals surface area contributed by atoms with E-state index in [1.54, 1.807) is 23.1 Å². The van der Waals surface area contributed by atoms with Crippen LogP contribution in [-0.4, -0.2) is 25.0 Å². The number of nitrogens with zero attached hydrogens (tertiary/aromatic N) is 5. The highest BCUT2D eigenvalue weighted by atomic mass is 32.1. The number of alkyl halides is 2. The minimum Gasteiger partial charge on any atom is -0.374 e. The van der Waals surface area contributed by atoms with Crippen molar-refractivity contribution < 1.29 is 13.2 Å². The number of hydrogen-bond donors (Lipinski definition) is 1. The van der Waals surface area contributed by atoms with Gasteiger partial charge in [0.25, 0.3) is 6.43 Å². The van der Waals surface area contributed by atoms with Crippen LogP contribution in [0.3, 0.4) is 0 Å². The molecular formula is C16H11F3N6S. The lowest BCUT2D eigenvalue weighted by molar-refractivity contribution is 0.146. The number of fused-ring (bicyclic) bond motifs is 1. The van der Waals surface area contributed by atoms with Crippen LogP contribution >= 0.6 is 11.3 Å². The predicted octanol–water partition coefficient (Wildman–Crippen LogP) is 3.66. The molecule has 0 atom stereocenters. The molecule has 132 valence electrons. The highest BCUT2D eigenvalue weighted by Gasteiger charge is 2.15. The molecule has 0 amide bonds. The summed E-state index contributed by atoms with van der Waals surface area (Å²) in [7, 11) is 0. The van der Waals surface area contributed by atoms with Crippen LogP contribution in [0.15, 0.2) is 36.7 Å². The lowest BCUT2D eigenvalue weighted by Crippen LogP contribution is -2.01. The Hall–Kier alpha value is -3.01. The molecule has 4 rings (SSSR count). The fourth-order valence-electron chi connectivity index (χ4n) is 2.59. The number of nitrogen functional groups attached to an aromatic ring is 1. The Bertz CT molecular complexity index is 1090. The molecule has 3 aromatic heterocycles. The number of nitrogens with two attached hydrogens (primary N) is 1. The third kappa shape index (κ3) is 2.99. The van der Waals surface area contributed by atoms with Crippen LogP contribution in [0.2, 0.25) is 0 Å². The van der Waals surface area contributed by atoms with Gasteiger partial charge >= 0.3 is 0 Å². The van der Waals surface area contributed by atoms with E-state index >= 15 is 0 Å². The topological polar surface area (TPSA) is 82.5 Å². The first-order valence-corrected chi connectivity index (χ1v) is 8.30. The van der Waals surface area contributed by atoms with Crippen molar-refractivity contribution in [2.24, 2.45) is 0 Å². The van der Waals surface area contributed by atoms with Gasteiger partial charge in [0.2, 0.25) is 5.13 Å². The van der Waals surface area contributed by atoms with Crippen LogP contribution in [0.4, 0.5) is 18.3 Å². The number of anilines is 1. The van der Waals surface area contributed by atoms with Crippen LogP contribution in [0.1, 0.15) is 17.0 Å². The maximum Gasteiger partial charge on any atom is 0.266 e. The number of aromatic nitrogens is 5. The number of hydrogen-bond acceptors (Lipinski definition) is 6. The number of halogens is 3. The summed E-state index contributed by atoms with van der Waals surface area (Å²) in [6, 6.07) is 5.37. The van der Waals surface area contributed by atoms with E-state index in [9.17, 15) is 13.2 Å². The van der Waals surface area contributed by atoms with E-state index < -0.39 is 17.8 Å². The molecule has 0 spiro atoms. The van der Waals surface area contributed by atoms with Crippen molar-refractivity contribution in [1.29, 1.82) is 0 Å². The molecule has 6 nitrogen and oxygen atoms in total. The van der Waals surface area contributed by atoms with E-state index in [0.29, 0.717) is 38.8 Å². The summed E-state index contributed by atoms with van der Waals surface area (Å²) in [5.41, 5.74) is 7.31. The predicted molar refractivity (Wildman–Crippen MR) is 91.3 cm³/mol. The Balaban J connectivity index is 1.75. The molecule has 0 bridgehead atoms. The first-order chi connectivity index (χ1) is 12.5. The fourth-order valence-corrected chi connectivity index (χ4v) is 3.18. The molecule has 0 radical (unpaired) electrons. The molecule has 0 unspecified atom stereocenters. The normalized spacial score (nSPS) is 11.5. The van der Waals surface area contributed by atoms with E-state index in [1.165, 1.54) is 17.4 Å². The molecule has 0 aliphatic rings. The molecule has 4 aromatic rings. The summed E-state index contributed by atoms with van der Waals surface area (Å²) in [6.07, 6.45) is 0.249. The molecule has 1 aromatic carbocycles. The van der Waals surface area contributed by atoms with Gasteiger partial charge in [0.1, 0.15) is 16.3 Å². The van der Waals surface area contributed by atoms with Crippen molar-refractivity contribution in [1.82, 2.24) is 25.0 Å². The third-order valence-corrected chi connectivity index (χ3v) is 4.56. The highest BCUT2D eigenvalue weighted by molar-refractivity contribution is 7.15. The van der Waals surface area contributed by atoms with Crippen LogP contribution in [0, 0.1) is 5.82 Å². The van der Waals surface area contributed by atoms with Crippen LogP contribution in [0.25, 0.3) is 22.2 Å². The molecule has 0 aliphatic carbocycles. The minimum absolute atomic E-state index is 0.356. The van der Waals surface area contributed by atoms with Crippen molar-refractivity contribution in [3.8, 4) is 11.1 Å². The van der Waals surface area contributed by atoms with Gasteiger partial charge < -0.3 is 5.73 Å². The van der Waals surface area contributed by atoms with Gasteiger partial charge in [-0.3, -0.25) is 9.67 Å². The fraction of sp³-hybridized carbons (Fsp3) is 0.125. The van der Waals surface area contributed by atoms with Crippen molar-refractivity contribution in [2.75, 3.05) is 5.73 Å². The van der Waals surface area contributed by atoms with E-state index in [-0.39, 0.29) is 0 Å². The second-order valence-electron chi connectivity index (χ2n) is 5.50. The van der Waals surface area contributed by atoms with Gasteiger partial charge in [0, 0.05) is 11.8 Å². The maximum absolute atomic E-state index is 13.5. The van der Waals surface area contributed by atoms with E-state index in [2.05, 4.69) is 20.3 Å². The summed E-state index contributed by atoms with van der Waals surface area (Å²) in [4.78, 5) is 4.30. The molecule has 0 aliphatic heterocycles. The third-order valence-electron chi connectivity index (χ3n) is 3.83. The number of benzene rings is 1. The average molecular weight is 376 g/mol. The zero-order chi connectivity index (χ0) is 18.3. The Morgan fingerprint density at radius 1 is 1.12 bits per heavy atom. The summed E-state index contributed by atoms with van der Waals surface area (Å²) >= 11 is 1.25. The number of pyridine rings is 1. The second kappa shape index (κ2) is 6.37. The molecular weight excluding hydrogens is 365 g/mol. The minimum atomic E-state index is -2.89. The lowest BCUT2D eigenvalue weighted by Gasteiger charge is -2.07. The summed E-state index contributed by atoms with van der Waals surface area (Å²) in [6.45, 7) is 0.356. The first kappa shape index (κ1) is 16.5. The van der Waals surface area contributed by atoms with Gasteiger partial charge in [-0.1, -0.05) is 17.4 Å². The van der Waals surface area contributed by atoms with Gasteiger partial charge in [-0.15, -0.1) is 10.2 Å². The van der Waals surface area contributed by atoms with Crippen molar-refractivity contribution in [3.05, 3.63) is 53.0 Å². The second-order valence-corrected chi connectivity index (χ2v) is 6.60. The summed E-state index contributed by atoms with van der Waals surface area (Å²) in [5, 5.41) is 13.0. The van der Waals surface area contributed by atoms with Crippen LogP contribution in [-0.2, 0) is 6.54 Å². The van der Waals surface area contributed by atoms with Crippen molar-refractivity contribution in [2.45, 2.75) is 13.0 Å². The Morgan fingerprint density at radius 2 is 1.96 bits per heavy atom. The first-order valence-electron chi connectivity index (χ1n) is 7.48. The zero-order valence-corrected chi connectivity index (χ0v) is 13.9. The van der Waals surface area contributed by atoms with Crippen LogP contribution in [0.5, 0.6) is 0 Å².